The Labute approximate surface area is 114 Å². The van der Waals surface area contributed by atoms with E-state index in [0.717, 1.165) is 0 Å². The van der Waals surface area contributed by atoms with Crippen LogP contribution < -0.4 is 61.8 Å². The predicted molar refractivity (Wildman–Crippen MR) is 40.3 cm³/mol. The molecule has 0 saturated carbocycles. The topological polar surface area (TPSA) is 52.2 Å². The van der Waals surface area contributed by atoms with Crippen molar-refractivity contribution in [1.29, 1.82) is 0 Å². The summed E-state index contributed by atoms with van der Waals surface area (Å²) in [6.07, 6.45) is 0. The first-order valence-electron chi connectivity index (χ1n) is 3.24. The second kappa shape index (κ2) is 5.72. The molecule has 0 amide bonds. The van der Waals surface area contributed by atoms with Gasteiger partial charge in [0.05, 0.1) is 5.97 Å². The van der Waals surface area contributed by atoms with Crippen LogP contribution in [0.4, 0.5) is 5.69 Å². The first kappa shape index (κ1) is 12.1. The fraction of sp³-hybridized carbons (Fsp3) is 0.125. The molecule has 58 valence electrons. The van der Waals surface area contributed by atoms with Crippen molar-refractivity contribution in [3.63, 3.8) is 0 Å². The Kier molecular flexibility index (Phi) is 5.78. The maximum absolute atomic E-state index is 10.4. The van der Waals surface area contributed by atoms with Gasteiger partial charge in [0.15, 0.2) is 0 Å². The molecule has 1 N–H and O–H groups in total. The Morgan fingerprint density at radius 3 is 2.42 bits per heavy atom. The van der Waals surface area contributed by atoms with Crippen LogP contribution >= 0.6 is 0 Å². The van der Waals surface area contributed by atoms with Gasteiger partial charge in [0.25, 0.3) is 0 Å². The number of anilines is 1. The third-order valence-corrected chi connectivity index (χ3v) is 1.42. The van der Waals surface area contributed by atoms with Crippen molar-refractivity contribution in [1.82, 2.24) is 0 Å². The molecule has 0 bridgehead atoms. The van der Waals surface area contributed by atoms with Gasteiger partial charge in [-0.1, -0.05) is 18.2 Å². The number of carboxylic acid groups (broad SMARTS) is 1. The molecule has 3 nitrogen and oxygen atoms in total. The van der Waals surface area contributed by atoms with E-state index in [0.29, 0.717) is 5.69 Å². The summed E-state index contributed by atoms with van der Waals surface area (Å²) in [5.74, 6) is -1.16. The molecule has 1 aromatic rings. The van der Waals surface area contributed by atoms with Gasteiger partial charge in [-0.25, -0.2) is 0 Å². The molecule has 0 aliphatic carbocycles. The normalized spacial score (nSPS) is 8.42. The van der Waals surface area contributed by atoms with Crippen LogP contribution in [0.1, 0.15) is 10.4 Å². The van der Waals surface area contributed by atoms with Crippen molar-refractivity contribution in [2.75, 3.05) is 12.4 Å². The Balaban J connectivity index is 0.00000121. The van der Waals surface area contributed by atoms with Crippen LogP contribution in [0.2, 0.25) is 0 Å². The zero-order valence-corrected chi connectivity index (χ0v) is 10.2. The van der Waals surface area contributed by atoms with Crippen molar-refractivity contribution < 1.29 is 61.3 Å². The van der Waals surface area contributed by atoms with E-state index in [4.69, 9.17) is 0 Å². The Morgan fingerprint density at radius 2 is 2.00 bits per heavy atom. The minimum atomic E-state index is -1.16. The molecule has 4 heteroatoms. The molecule has 0 spiro atoms. The zero-order chi connectivity index (χ0) is 8.27. The standard InChI is InChI=1S/C8H9NO2.K/c1-9-7-5-3-2-4-6(7)8(10)11;/h2-5,9H,1H3,(H,10,11);/q;+1/p-1. The van der Waals surface area contributed by atoms with Crippen LogP contribution in [0, 0.1) is 0 Å². The number of carboxylic acids is 1. The molecule has 12 heavy (non-hydrogen) atoms. The number of carbonyl (C=O) groups is 1. The summed E-state index contributed by atoms with van der Waals surface area (Å²) in [6.45, 7) is 0. The van der Waals surface area contributed by atoms with Gasteiger partial charge in [0.2, 0.25) is 0 Å². The SMILES string of the molecule is CNc1ccccc1C(=O)[O-].[K+]. The minimum Gasteiger partial charge on any atom is -0.545 e. The van der Waals surface area contributed by atoms with Gasteiger partial charge in [-0.05, 0) is 6.07 Å². The van der Waals surface area contributed by atoms with Gasteiger partial charge in [-0.3, -0.25) is 0 Å². The second-order valence-electron chi connectivity index (χ2n) is 2.08. The van der Waals surface area contributed by atoms with Crippen molar-refractivity contribution in [2.45, 2.75) is 0 Å². The Bertz CT molecular complexity index is 276. The zero-order valence-electron chi connectivity index (χ0n) is 7.13. The number of aromatic carboxylic acids is 1. The molecule has 0 aromatic heterocycles. The molecule has 0 unspecified atom stereocenters. The van der Waals surface area contributed by atoms with Crippen molar-refractivity contribution in [2.24, 2.45) is 0 Å². The summed E-state index contributed by atoms with van der Waals surface area (Å²) in [5.41, 5.74) is 0.766. The van der Waals surface area contributed by atoms with E-state index < -0.39 is 5.97 Å². The Hall–Kier alpha value is 0.126. The van der Waals surface area contributed by atoms with E-state index in [1.165, 1.54) is 6.07 Å². The number of para-hydroxylation sites is 1. The molecule has 0 saturated heterocycles. The summed E-state index contributed by atoms with van der Waals surface area (Å²) in [5, 5.41) is 13.2. The van der Waals surface area contributed by atoms with E-state index in [-0.39, 0.29) is 56.9 Å². The molecule has 0 aliphatic heterocycles. The summed E-state index contributed by atoms with van der Waals surface area (Å²) in [6, 6.07) is 6.61. The molecular formula is C8H8KNO2. The predicted octanol–water partition coefficient (Wildman–Crippen LogP) is -2.90. The van der Waals surface area contributed by atoms with E-state index >= 15 is 0 Å². The summed E-state index contributed by atoms with van der Waals surface area (Å²) in [7, 11) is 1.67. The summed E-state index contributed by atoms with van der Waals surface area (Å²) < 4.78 is 0. The first-order chi connectivity index (χ1) is 5.25. The van der Waals surface area contributed by atoms with Crippen molar-refractivity contribution in [3.05, 3.63) is 29.8 Å². The van der Waals surface area contributed by atoms with Crippen LogP contribution in [0.3, 0.4) is 0 Å². The largest absolute Gasteiger partial charge is 1.00 e. The molecule has 0 aliphatic rings. The minimum absolute atomic E-state index is 0. The van der Waals surface area contributed by atoms with E-state index in [1.807, 2.05) is 0 Å². The number of carbonyl (C=O) groups excluding carboxylic acids is 1. The van der Waals surface area contributed by atoms with Crippen LogP contribution in [0.15, 0.2) is 24.3 Å². The van der Waals surface area contributed by atoms with Crippen LogP contribution in [0.5, 0.6) is 0 Å². The average Bonchev–Trinajstić information content (AvgIpc) is 2.04. The molecule has 0 atom stereocenters. The Morgan fingerprint density at radius 1 is 1.42 bits per heavy atom. The van der Waals surface area contributed by atoms with Crippen LogP contribution in [0.25, 0.3) is 0 Å². The van der Waals surface area contributed by atoms with Gasteiger partial charge in [0, 0.05) is 18.3 Å². The molecule has 1 aromatic carbocycles. The smallest absolute Gasteiger partial charge is 0.545 e. The monoisotopic (exact) mass is 189 g/mol. The molecule has 1 rings (SSSR count). The van der Waals surface area contributed by atoms with Crippen LogP contribution in [-0.2, 0) is 0 Å². The molecule has 0 fully saturated rings. The maximum atomic E-state index is 10.4. The third-order valence-electron chi connectivity index (χ3n) is 1.42. The molecular weight excluding hydrogens is 181 g/mol. The van der Waals surface area contributed by atoms with E-state index in [1.54, 1.807) is 25.2 Å². The quantitative estimate of drug-likeness (QED) is 0.508. The van der Waals surface area contributed by atoms with Gasteiger partial charge in [-0.15, -0.1) is 0 Å². The average molecular weight is 189 g/mol. The first-order valence-corrected chi connectivity index (χ1v) is 3.24. The fourth-order valence-electron chi connectivity index (χ4n) is 0.879. The summed E-state index contributed by atoms with van der Waals surface area (Å²) in [4.78, 5) is 10.4. The maximum Gasteiger partial charge on any atom is 1.00 e. The van der Waals surface area contributed by atoms with Gasteiger partial charge >= 0.3 is 51.4 Å². The van der Waals surface area contributed by atoms with E-state index in [9.17, 15) is 9.90 Å². The van der Waals surface area contributed by atoms with Gasteiger partial charge < -0.3 is 15.2 Å². The van der Waals surface area contributed by atoms with Crippen molar-refractivity contribution in [3.8, 4) is 0 Å². The second-order valence-corrected chi connectivity index (χ2v) is 2.08. The van der Waals surface area contributed by atoms with Crippen molar-refractivity contribution >= 4 is 11.7 Å². The summed E-state index contributed by atoms with van der Waals surface area (Å²) >= 11 is 0. The number of nitrogens with one attached hydrogen (secondary N) is 1. The number of rotatable bonds is 2. The number of benzene rings is 1. The van der Waals surface area contributed by atoms with Gasteiger partial charge in [0.1, 0.15) is 0 Å². The van der Waals surface area contributed by atoms with Gasteiger partial charge in [-0.2, -0.15) is 0 Å². The van der Waals surface area contributed by atoms with E-state index in [2.05, 4.69) is 5.32 Å². The molecule has 0 radical (unpaired) electrons. The molecule has 0 heterocycles. The fourth-order valence-corrected chi connectivity index (χ4v) is 0.879. The number of hydrogen-bond acceptors (Lipinski definition) is 3. The van der Waals surface area contributed by atoms with Crippen LogP contribution in [-0.4, -0.2) is 13.0 Å². The third kappa shape index (κ3) is 2.88. The number of hydrogen-bond donors (Lipinski definition) is 1.